The highest BCUT2D eigenvalue weighted by molar-refractivity contribution is 7.14. The quantitative estimate of drug-likeness (QED) is 0.272. The third kappa shape index (κ3) is 7.17. The van der Waals surface area contributed by atoms with E-state index in [2.05, 4.69) is 41.6 Å². The highest BCUT2D eigenvalue weighted by atomic mass is 32.1. The molecular weight excluding hydrogens is 454 g/mol. The first-order valence-corrected chi connectivity index (χ1v) is 12.8. The Hall–Kier alpha value is -3.64. The van der Waals surface area contributed by atoms with E-state index in [1.807, 2.05) is 72.8 Å². The largest absolute Gasteiger partial charge is 0.492 e. The first-order chi connectivity index (χ1) is 17.1. The molecule has 0 spiro atoms. The van der Waals surface area contributed by atoms with Crippen molar-refractivity contribution in [3.63, 3.8) is 0 Å². The molecule has 0 saturated heterocycles. The summed E-state index contributed by atoms with van der Waals surface area (Å²) in [7, 11) is 0. The van der Waals surface area contributed by atoms with Gasteiger partial charge in [0.15, 0.2) is 5.13 Å². The molecule has 0 bridgehead atoms. The number of hydrogen-bond acceptors (Lipinski definition) is 5. The minimum Gasteiger partial charge on any atom is -0.492 e. The lowest BCUT2D eigenvalue weighted by Gasteiger charge is -2.22. The van der Waals surface area contributed by atoms with E-state index >= 15 is 0 Å². The number of para-hydroxylation sites is 1. The van der Waals surface area contributed by atoms with Crippen molar-refractivity contribution in [1.29, 1.82) is 0 Å². The van der Waals surface area contributed by atoms with Crippen LogP contribution < -0.4 is 15.0 Å². The van der Waals surface area contributed by atoms with Crippen molar-refractivity contribution in [3.05, 3.63) is 101 Å². The van der Waals surface area contributed by atoms with Crippen LogP contribution in [0.4, 0.5) is 5.13 Å². The molecule has 35 heavy (non-hydrogen) atoms. The predicted octanol–water partition coefficient (Wildman–Crippen LogP) is 6.28. The number of benzene rings is 3. The van der Waals surface area contributed by atoms with Crippen molar-refractivity contribution in [2.24, 2.45) is 5.92 Å². The highest BCUT2D eigenvalue weighted by Gasteiger charge is 2.14. The van der Waals surface area contributed by atoms with E-state index in [0.717, 1.165) is 27.7 Å². The number of amides is 1. The molecule has 0 saturated carbocycles. The van der Waals surface area contributed by atoms with E-state index in [1.54, 1.807) is 11.3 Å². The Balaban J connectivity index is 1.47. The van der Waals surface area contributed by atoms with Crippen LogP contribution in [0.1, 0.15) is 29.8 Å². The van der Waals surface area contributed by atoms with E-state index in [0.29, 0.717) is 37.7 Å². The van der Waals surface area contributed by atoms with Gasteiger partial charge in [0.25, 0.3) is 5.91 Å². The fraction of sp³-hybridized carbons (Fsp3) is 0.241. The van der Waals surface area contributed by atoms with Gasteiger partial charge in [-0.25, -0.2) is 4.98 Å². The van der Waals surface area contributed by atoms with E-state index in [-0.39, 0.29) is 5.91 Å². The molecule has 180 valence electrons. The van der Waals surface area contributed by atoms with Crippen LogP contribution in [0.15, 0.2) is 90.3 Å². The first-order valence-electron chi connectivity index (χ1n) is 11.9. The molecular formula is C29H31N3O2S. The number of anilines is 1. The van der Waals surface area contributed by atoms with E-state index < -0.39 is 0 Å². The van der Waals surface area contributed by atoms with Crippen LogP contribution in [0.3, 0.4) is 0 Å². The SMILES string of the molecule is CC(C)CNC(=O)c1ccc(CN(CCOc2ccccc2)c2nc(-c3ccccc3)cs2)cc1. The van der Waals surface area contributed by atoms with Crippen molar-refractivity contribution in [3.8, 4) is 17.0 Å². The summed E-state index contributed by atoms with van der Waals surface area (Å²) in [6.45, 7) is 6.74. The molecule has 1 N–H and O–H groups in total. The Kier molecular flexibility index (Phi) is 8.52. The van der Waals surface area contributed by atoms with Gasteiger partial charge in [0.2, 0.25) is 0 Å². The van der Waals surface area contributed by atoms with Crippen LogP contribution in [0.25, 0.3) is 11.3 Å². The lowest BCUT2D eigenvalue weighted by molar-refractivity contribution is 0.0949. The maximum Gasteiger partial charge on any atom is 0.251 e. The van der Waals surface area contributed by atoms with Gasteiger partial charge < -0.3 is 15.0 Å². The number of nitrogens with one attached hydrogen (secondary N) is 1. The summed E-state index contributed by atoms with van der Waals surface area (Å²) in [6, 6.07) is 27.9. The summed E-state index contributed by atoms with van der Waals surface area (Å²) < 4.78 is 5.97. The second-order valence-corrected chi connectivity index (χ2v) is 9.60. The highest BCUT2D eigenvalue weighted by Crippen LogP contribution is 2.28. The van der Waals surface area contributed by atoms with Crippen LogP contribution in [-0.4, -0.2) is 30.6 Å². The van der Waals surface area contributed by atoms with E-state index in [9.17, 15) is 4.79 Å². The predicted molar refractivity (Wildman–Crippen MR) is 144 cm³/mol. The molecule has 1 aromatic heterocycles. The van der Waals surface area contributed by atoms with Gasteiger partial charge in [0.05, 0.1) is 12.2 Å². The van der Waals surface area contributed by atoms with Gasteiger partial charge in [0.1, 0.15) is 12.4 Å². The van der Waals surface area contributed by atoms with Gasteiger partial charge in [-0.3, -0.25) is 4.79 Å². The van der Waals surface area contributed by atoms with Crippen LogP contribution in [0, 0.1) is 5.92 Å². The molecule has 4 aromatic rings. The first kappa shape index (κ1) is 24.5. The van der Waals surface area contributed by atoms with Crippen molar-refractivity contribution in [2.75, 3.05) is 24.6 Å². The summed E-state index contributed by atoms with van der Waals surface area (Å²) >= 11 is 1.63. The molecule has 0 aliphatic carbocycles. The van der Waals surface area contributed by atoms with Gasteiger partial charge in [-0.2, -0.15) is 0 Å². The number of nitrogens with zero attached hydrogens (tertiary/aromatic N) is 2. The molecule has 0 aliphatic heterocycles. The number of rotatable bonds is 11. The average molecular weight is 486 g/mol. The molecule has 0 unspecified atom stereocenters. The second-order valence-electron chi connectivity index (χ2n) is 8.77. The van der Waals surface area contributed by atoms with Gasteiger partial charge in [-0.05, 0) is 35.7 Å². The van der Waals surface area contributed by atoms with E-state index in [4.69, 9.17) is 9.72 Å². The summed E-state index contributed by atoms with van der Waals surface area (Å²) in [5, 5.41) is 6.01. The fourth-order valence-corrected chi connectivity index (χ4v) is 4.43. The van der Waals surface area contributed by atoms with Gasteiger partial charge >= 0.3 is 0 Å². The standard InChI is InChI=1S/C29H31N3O2S/c1-22(2)19-30-28(33)25-15-13-23(14-16-25)20-32(17-18-34-26-11-7-4-8-12-26)29-31-27(21-35-29)24-9-5-3-6-10-24/h3-16,21-22H,17-20H2,1-2H3,(H,30,33). The van der Waals surface area contributed by atoms with Crippen molar-refractivity contribution < 1.29 is 9.53 Å². The van der Waals surface area contributed by atoms with Gasteiger partial charge in [-0.1, -0.05) is 74.5 Å². The number of aromatic nitrogens is 1. The molecule has 3 aromatic carbocycles. The van der Waals surface area contributed by atoms with Crippen LogP contribution >= 0.6 is 11.3 Å². The Morgan fingerprint density at radius 3 is 2.34 bits per heavy atom. The normalized spacial score (nSPS) is 10.8. The Labute approximate surface area is 211 Å². The van der Waals surface area contributed by atoms with Gasteiger partial charge in [-0.15, -0.1) is 11.3 Å². The Morgan fingerprint density at radius 2 is 1.66 bits per heavy atom. The van der Waals surface area contributed by atoms with Crippen molar-refractivity contribution in [2.45, 2.75) is 20.4 Å². The van der Waals surface area contributed by atoms with Gasteiger partial charge in [0, 0.05) is 29.6 Å². The fourth-order valence-electron chi connectivity index (χ4n) is 3.56. The second kappa shape index (κ2) is 12.2. The van der Waals surface area contributed by atoms with E-state index in [1.165, 1.54) is 0 Å². The van der Waals surface area contributed by atoms with Crippen LogP contribution in [-0.2, 0) is 6.54 Å². The van der Waals surface area contributed by atoms with Crippen LogP contribution in [0.5, 0.6) is 5.75 Å². The number of ether oxygens (including phenoxy) is 1. The minimum absolute atomic E-state index is 0.0363. The lowest BCUT2D eigenvalue weighted by atomic mass is 10.1. The zero-order chi connectivity index (χ0) is 24.5. The summed E-state index contributed by atoms with van der Waals surface area (Å²) in [5.41, 5.74) is 3.86. The third-order valence-electron chi connectivity index (χ3n) is 5.47. The number of carbonyl (C=O) groups excluding carboxylic acids is 1. The summed E-state index contributed by atoms with van der Waals surface area (Å²) in [6.07, 6.45) is 0. The molecule has 6 heteroatoms. The van der Waals surface area contributed by atoms with Crippen molar-refractivity contribution >= 4 is 22.4 Å². The molecule has 1 heterocycles. The lowest BCUT2D eigenvalue weighted by Crippen LogP contribution is -2.28. The average Bonchev–Trinajstić information content (AvgIpc) is 3.39. The zero-order valence-electron chi connectivity index (χ0n) is 20.2. The van der Waals surface area contributed by atoms with Crippen molar-refractivity contribution in [1.82, 2.24) is 10.3 Å². The maximum atomic E-state index is 12.4. The monoisotopic (exact) mass is 485 g/mol. The third-order valence-corrected chi connectivity index (χ3v) is 6.37. The molecule has 0 fully saturated rings. The summed E-state index contributed by atoms with van der Waals surface area (Å²) in [5.74, 6) is 1.24. The summed E-state index contributed by atoms with van der Waals surface area (Å²) in [4.78, 5) is 19.5. The molecule has 0 radical (unpaired) electrons. The maximum absolute atomic E-state index is 12.4. The Bertz CT molecular complexity index is 1190. The smallest absolute Gasteiger partial charge is 0.251 e. The number of hydrogen-bond donors (Lipinski definition) is 1. The minimum atomic E-state index is -0.0363. The number of carbonyl (C=O) groups is 1. The molecule has 4 rings (SSSR count). The molecule has 0 aliphatic rings. The number of thiazole rings is 1. The zero-order valence-corrected chi connectivity index (χ0v) is 21.0. The molecule has 5 nitrogen and oxygen atoms in total. The topological polar surface area (TPSA) is 54.5 Å². The van der Waals surface area contributed by atoms with Crippen LogP contribution in [0.2, 0.25) is 0 Å². The molecule has 0 atom stereocenters. The Morgan fingerprint density at radius 1 is 0.971 bits per heavy atom. The molecule has 1 amide bonds.